The van der Waals surface area contributed by atoms with Crippen LogP contribution in [0.1, 0.15) is 24.8 Å². The minimum atomic E-state index is -0.644. The first kappa shape index (κ1) is 13.4. The molecule has 4 unspecified atom stereocenters. The summed E-state index contributed by atoms with van der Waals surface area (Å²) in [7, 11) is 1.66. The molecule has 0 saturated heterocycles. The van der Waals surface area contributed by atoms with Crippen LogP contribution < -0.4 is 10.1 Å². The summed E-state index contributed by atoms with van der Waals surface area (Å²) in [4.78, 5) is 11.5. The second kappa shape index (κ2) is 5.44. The fourth-order valence-electron chi connectivity index (χ4n) is 4.02. The quantitative estimate of drug-likeness (QED) is 0.865. The third-order valence-electron chi connectivity index (χ3n) is 4.92. The first-order valence-corrected chi connectivity index (χ1v) is 7.28. The number of fused-ring (bicyclic) bond motifs is 2. The van der Waals surface area contributed by atoms with Gasteiger partial charge in [0.25, 0.3) is 0 Å². The average Bonchev–Trinajstić information content (AvgIpc) is 3.05. The van der Waals surface area contributed by atoms with Crippen LogP contribution in [-0.4, -0.2) is 24.2 Å². The van der Waals surface area contributed by atoms with E-state index in [0.717, 1.165) is 30.6 Å². The van der Waals surface area contributed by atoms with Crippen molar-refractivity contribution in [2.45, 2.75) is 31.8 Å². The van der Waals surface area contributed by atoms with Gasteiger partial charge < -0.3 is 15.2 Å². The molecule has 20 heavy (non-hydrogen) atoms. The maximum Gasteiger partial charge on any atom is 0.308 e. The second-order valence-electron chi connectivity index (χ2n) is 5.92. The predicted octanol–water partition coefficient (Wildman–Crippen LogP) is 2.28. The van der Waals surface area contributed by atoms with Crippen molar-refractivity contribution < 1.29 is 14.6 Å². The zero-order valence-electron chi connectivity index (χ0n) is 11.7. The van der Waals surface area contributed by atoms with Crippen LogP contribution in [0.2, 0.25) is 0 Å². The number of benzene rings is 1. The van der Waals surface area contributed by atoms with Gasteiger partial charge in [0.15, 0.2) is 0 Å². The van der Waals surface area contributed by atoms with Crippen LogP contribution in [0.4, 0.5) is 0 Å². The number of methoxy groups -OCH3 is 1. The van der Waals surface area contributed by atoms with Gasteiger partial charge in [-0.05, 0) is 37.2 Å². The molecule has 4 nitrogen and oxygen atoms in total. The molecule has 1 aromatic carbocycles. The van der Waals surface area contributed by atoms with Gasteiger partial charge in [-0.2, -0.15) is 0 Å². The average molecular weight is 275 g/mol. The number of nitrogens with one attached hydrogen (secondary N) is 1. The Balaban J connectivity index is 1.70. The Morgan fingerprint density at radius 2 is 2.10 bits per heavy atom. The number of carboxylic acids is 1. The molecule has 0 amide bonds. The molecule has 108 valence electrons. The Kier molecular flexibility index (Phi) is 3.66. The summed E-state index contributed by atoms with van der Waals surface area (Å²) in [5.74, 6) is 0.886. The van der Waals surface area contributed by atoms with E-state index < -0.39 is 5.97 Å². The van der Waals surface area contributed by atoms with Gasteiger partial charge >= 0.3 is 5.97 Å². The van der Waals surface area contributed by atoms with Gasteiger partial charge in [0, 0.05) is 18.2 Å². The summed E-state index contributed by atoms with van der Waals surface area (Å²) in [6.07, 6.45) is 3.31. The van der Waals surface area contributed by atoms with Crippen molar-refractivity contribution in [1.29, 1.82) is 0 Å². The van der Waals surface area contributed by atoms with Gasteiger partial charge in [-0.3, -0.25) is 4.79 Å². The standard InChI is InChI=1S/C16H21NO3/c1-20-13-5-3-2-4-12(13)9-17-15-11-7-6-10(8-11)14(15)16(18)19/h2-5,10-11,14-15,17H,6-9H2,1H3,(H,18,19). The fraction of sp³-hybridized carbons (Fsp3) is 0.562. The summed E-state index contributed by atoms with van der Waals surface area (Å²) in [6.45, 7) is 0.668. The van der Waals surface area contributed by atoms with E-state index in [1.807, 2.05) is 24.3 Å². The van der Waals surface area contributed by atoms with E-state index in [1.54, 1.807) is 7.11 Å². The van der Waals surface area contributed by atoms with E-state index in [1.165, 1.54) is 0 Å². The van der Waals surface area contributed by atoms with Crippen LogP contribution in [0.25, 0.3) is 0 Å². The van der Waals surface area contributed by atoms with Gasteiger partial charge in [-0.25, -0.2) is 0 Å². The summed E-state index contributed by atoms with van der Waals surface area (Å²) in [5, 5.41) is 12.9. The van der Waals surface area contributed by atoms with Gasteiger partial charge in [0.1, 0.15) is 5.75 Å². The van der Waals surface area contributed by atoms with Crippen LogP contribution in [0.5, 0.6) is 5.75 Å². The molecule has 0 heterocycles. The Hall–Kier alpha value is -1.55. The second-order valence-corrected chi connectivity index (χ2v) is 5.92. The highest BCUT2D eigenvalue weighted by Gasteiger charge is 2.50. The van der Waals surface area contributed by atoms with Gasteiger partial charge in [-0.1, -0.05) is 18.2 Å². The smallest absolute Gasteiger partial charge is 0.308 e. The molecule has 2 saturated carbocycles. The minimum Gasteiger partial charge on any atom is -0.496 e. The number of ether oxygens (including phenoxy) is 1. The van der Waals surface area contributed by atoms with Crippen molar-refractivity contribution in [3.05, 3.63) is 29.8 Å². The molecule has 4 atom stereocenters. The van der Waals surface area contributed by atoms with Crippen molar-refractivity contribution in [2.24, 2.45) is 17.8 Å². The van der Waals surface area contributed by atoms with Crippen LogP contribution in [0.3, 0.4) is 0 Å². The lowest BCUT2D eigenvalue weighted by Crippen LogP contribution is -2.43. The number of para-hydroxylation sites is 1. The minimum absolute atomic E-state index is 0.108. The van der Waals surface area contributed by atoms with E-state index in [0.29, 0.717) is 18.4 Å². The lowest BCUT2D eigenvalue weighted by atomic mass is 9.84. The number of carboxylic acid groups (broad SMARTS) is 1. The third kappa shape index (κ3) is 2.29. The summed E-state index contributed by atoms with van der Waals surface area (Å²) in [5.41, 5.74) is 1.09. The molecule has 2 aliphatic carbocycles. The molecule has 0 spiro atoms. The summed E-state index contributed by atoms with van der Waals surface area (Å²) >= 11 is 0. The molecule has 0 radical (unpaired) electrons. The molecule has 0 aromatic heterocycles. The van der Waals surface area contributed by atoms with Crippen molar-refractivity contribution in [2.75, 3.05) is 7.11 Å². The molecular weight excluding hydrogens is 254 g/mol. The Labute approximate surface area is 119 Å². The van der Waals surface area contributed by atoms with Crippen molar-refractivity contribution in [1.82, 2.24) is 5.32 Å². The Bertz CT molecular complexity index is 502. The number of rotatable bonds is 5. The molecule has 2 fully saturated rings. The highest BCUT2D eigenvalue weighted by molar-refractivity contribution is 5.72. The zero-order valence-corrected chi connectivity index (χ0v) is 11.7. The number of hydrogen-bond donors (Lipinski definition) is 2. The lowest BCUT2D eigenvalue weighted by Gasteiger charge is -2.29. The molecule has 4 heteroatoms. The molecule has 2 bridgehead atoms. The van der Waals surface area contributed by atoms with Crippen LogP contribution in [-0.2, 0) is 11.3 Å². The van der Waals surface area contributed by atoms with E-state index in [-0.39, 0.29) is 12.0 Å². The molecule has 0 aliphatic heterocycles. The summed E-state index contributed by atoms with van der Waals surface area (Å²) in [6, 6.07) is 7.99. The largest absolute Gasteiger partial charge is 0.496 e. The topological polar surface area (TPSA) is 58.6 Å². The number of carbonyl (C=O) groups is 1. The number of hydrogen-bond acceptors (Lipinski definition) is 3. The lowest BCUT2D eigenvalue weighted by molar-refractivity contribution is -0.144. The van der Waals surface area contributed by atoms with E-state index in [9.17, 15) is 9.90 Å². The number of aliphatic carboxylic acids is 1. The summed E-state index contributed by atoms with van der Waals surface area (Å²) < 4.78 is 5.34. The Morgan fingerprint density at radius 3 is 2.85 bits per heavy atom. The molecule has 3 rings (SSSR count). The van der Waals surface area contributed by atoms with Gasteiger partial charge in [0.05, 0.1) is 13.0 Å². The third-order valence-corrected chi connectivity index (χ3v) is 4.92. The van der Waals surface area contributed by atoms with Crippen LogP contribution in [0.15, 0.2) is 24.3 Å². The van der Waals surface area contributed by atoms with Gasteiger partial charge in [0.2, 0.25) is 0 Å². The first-order chi connectivity index (χ1) is 9.70. The van der Waals surface area contributed by atoms with Crippen LogP contribution in [0, 0.1) is 17.8 Å². The van der Waals surface area contributed by atoms with Crippen molar-refractivity contribution >= 4 is 5.97 Å². The fourth-order valence-corrected chi connectivity index (χ4v) is 4.02. The van der Waals surface area contributed by atoms with Crippen molar-refractivity contribution in [3.8, 4) is 5.75 Å². The van der Waals surface area contributed by atoms with E-state index in [2.05, 4.69) is 5.32 Å². The highest BCUT2D eigenvalue weighted by atomic mass is 16.5. The maximum atomic E-state index is 11.5. The molecule has 2 aliphatic rings. The predicted molar refractivity (Wildman–Crippen MR) is 75.6 cm³/mol. The highest BCUT2D eigenvalue weighted by Crippen LogP contribution is 2.48. The monoisotopic (exact) mass is 275 g/mol. The molecule has 1 aromatic rings. The SMILES string of the molecule is COc1ccccc1CNC1C2CCC(C2)C1C(=O)O. The molecule has 2 N–H and O–H groups in total. The maximum absolute atomic E-state index is 11.5. The van der Waals surface area contributed by atoms with Crippen LogP contribution >= 0.6 is 0 Å². The molecular formula is C16H21NO3. The van der Waals surface area contributed by atoms with Crippen molar-refractivity contribution in [3.63, 3.8) is 0 Å². The van der Waals surface area contributed by atoms with E-state index in [4.69, 9.17) is 4.74 Å². The van der Waals surface area contributed by atoms with Gasteiger partial charge in [-0.15, -0.1) is 0 Å². The normalized spacial score (nSPS) is 31.4. The zero-order chi connectivity index (χ0) is 14.1. The Morgan fingerprint density at radius 1 is 1.35 bits per heavy atom. The first-order valence-electron chi connectivity index (χ1n) is 7.28. The van der Waals surface area contributed by atoms with E-state index >= 15 is 0 Å².